The van der Waals surface area contributed by atoms with Crippen LogP contribution in [0.15, 0.2) is 22.7 Å². The van der Waals surface area contributed by atoms with E-state index in [9.17, 15) is 0 Å². The van der Waals surface area contributed by atoms with E-state index in [1.165, 1.54) is 5.56 Å². The molecule has 0 spiro atoms. The smallest absolute Gasteiger partial charge is 0.133 e. The van der Waals surface area contributed by atoms with Crippen molar-refractivity contribution in [1.82, 2.24) is 0 Å². The Balaban J connectivity index is 0. The minimum atomic E-state index is 0.889. The van der Waals surface area contributed by atoms with E-state index in [-0.39, 0.29) is 0 Å². The second-order valence-corrected chi connectivity index (χ2v) is 2.99. The van der Waals surface area contributed by atoms with Crippen LogP contribution in [0.4, 0.5) is 0 Å². The molecule has 0 amide bonds. The molecule has 0 aliphatic carbocycles. The van der Waals surface area contributed by atoms with Gasteiger partial charge in [0.2, 0.25) is 0 Å². The van der Waals surface area contributed by atoms with Gasteiger partial charge >= 0.3 is 0 Å². The van der Waals surface area contributed by atoms with Crippen LogP contribution in [-0.2, 0) is 0 Å². The molecule has 1 aromatic carbocycles. The van der Waals surface area contributed by atoms with Crippen molar-refractivity contribution < 1.29 is 4.74 Å². The Morgan fingerprint density at radius 1 is 1.07 bits per heavy atom. The van der Waals surface area contributed by atoms with Gasteiger partial charge in [-0.2, -0.15) is 0 Å². The maximum Gasteiger partial charge on any atom is 0.133 e. The van der Waals surface area contributed by atoms with Crippen LogP contribution in [0.25, 0.3) is 0 Å². The van der Waals surface area contributed by atoms with E-state index < -0.39 is 0 Å². The Morgan fingerprint density at radius 2 is 1.57 bits per heavy atom. The third-order valence-electron chi connectivity index (χ3n) is 1.31. The third-order valence-corrected chi connectivity index (χ3v) is 1.96. The van der Waals surface area contributed by atoms with E-state index in [0.717, 1.165) is 10.2 Å². The zero-order valence-electron chi connectivity index (χ0n) is 10.0. The highest BCUT2D eigenvalue weighted by Crippen LogP contribution is 2.24. The predicted molar refractivity (Wildman–Crippen MR) is 68.1 cm³/mol. The fraction of sp³-hybridized carbons (Fsp3) is 0.500. The molecule has 0 aliphatic rings. The summed E-state index contributed by atoms with van der Waals surface area (Å²) in [6.07, 6.45) is 0. The molecule has 0 aromatic heterocycles. The molecule has 1 nitrogen and oxygen atoms in total. The Kier molecular flexibility index (Phi) is 12.1. The molecular weight excluding hydrogens is 240 g/mol. The number of ether oxygens (including phenoxy) is 1. The summed E-state index contributed by atoms with van der Waals surface area (Å²) >= 11 is 3.37. The monoisotopic (exact) mass is 260 g/mol. The molecule has 14 heavy (non-hydrogen) atoms. The molecule has 0 atom stereocenters. The average Bonchev–Trinajstić information content (AvgIpc) is 2.27. The van der Waals surface area contributed by atoms with E-state index in [4.69, 9.17) is 4.74 Å². The molecule has 0 N–H and O–H groups in total. The minimum absolute atomic E-state index is 0.889. The summed E-state index contributed by atoms with van der Waals surface area (Å²) in [6.45, 7) is 10.0. The second-order valence-electron chi connectivity index (χ2n) is 2.14. The first-order valence-electron chi connectivity index (χ1n) is 5.04. The summed E-state index contributed by atoms with van der Waals surface area (Å²) < 4.78 is 6.08. The maximum atomic E-state index is 5.08. The van der Waals surface area contributed by atoms with Crippen LogP contribution < -0.4 is 4.74 Å². The second kappa shape index (κ2) is 10.6. The van der Waals surface area contributed by atoms with Crippen LogP contribution in [-0.4, -0.2) is 7.11 Å². The average molecular weight is 261 g/mol. The largest absolute Gasteiger partial charge is 0.496 e. The summed E-state index contributed by atoms with van der Waals surface area (Å²) in [4.78, 5) is 0. The summed E-state index contributed by atoms with van der Waals surface area (Å²) in [5, 5.41) is 0. The molecule has 1 rings (SSSR count). The summed E-state index contributed by atoms with van der Waals surface area (Å²) in [5.41, 5.74) is 1.21. The van der Waals surface area contributed by atoms with Gasteiger partial charge in [-0.3, -0.25) is 0 Å². The Labute approximate surface area is 96.6 Å². The number of hydrogen-bond acceptors (Lipinski definition) is 1. The molecule has 82 valence electrons. The van der Waals surface area contributed by atoms with Gasteiger partial charge in [-0.25, -0.2) is 0 Å². The van der Waals surface area contributed by atoms with Crippen LogP contribution in [0.2, 0.25) is 0 Å². The van der Waals surface area contributed by atoms with E-state index in [1.807, 2.05) is 52.8 Å². The molecule has 0 unspecified atom stereocenters. The van der Waals surface area contributed by atoms with E-state index in [1.54, 1.807) is 7.11 Å². The first-order chi connectivity index (χ1) is 6.74. The van der Waals surface area contributed by atoms with Crippen LogP contribution in [0, 0.1) is 6.92 Å². The summed E-state index contributed by atoms with van der Waals surface area (Å²) in [5.74, 6) is 0.889. The lowest BCUT2D eigenvalue weighted by atomic mass is 10.2. The molecule has 0 saturated carbocycles. The zero-order valence-corrected chi connectivity index (χ0v) is 11.6. The fourth-order valence-electron chi connectivity index (χ4n) is 0.767. The number of rotatable bonds is 1. The van der Waals surface area contributed by atoms with Crippen molar-refractivity contribution in [2.75, 3.05) is 7.11 Å². The Bertz CT molecular complexity index is 234. The van der Waals surface area contributed by atoms with Gasteiger partial charge < -0.3 is 4.74 Å². The van der Waals surface area contributed by atoms with Crippen molar-refractivity contribution in [3.05, 3.63) is 28.2 Å². The van der Waals surface area contributed by atoms with Gasteiger partial charge in [0.25, 0.3) is 0 Å². The number of halogens is 1. The van der Waals surface area contributed by atoms with Crippen LogP contribution in [0.5, 0.6) is 5.75 Å². The molecule has 0 radical (unpaired) electrons. The van der Waals surface area contributed by atoms with E-state index in [2.05, 4.69) is 15.9 Å². The number of benzene rings is 1. The predicted octanol–water partition coefficient (Wildman–Crippen LogP) is 4.82. The van der Waals surface area contributed by atoms with Crippen molar-refractivity contribution in [3.8, 4) is 5.75 Å². The highest BCUT2D eigenvalue weighted by molar-refractivity contribution is 9.10. The maximum absolute atomic E-state index is 5.08. The number of hydrogen-bond donors (Lipinski definition) is 0. The molecule has 0 bridgehead atoms. The van der Waals surface area contributed by atoms with Gasteiger partial charge in [0.1, 0.15) is 5.75 Å². The molecule has 2 heteroatoms. The van der Waals surface area contributed by atoms with Crippen LogP contribution in [0.1, 0.15) is 33.3 Å². The number of methoxy groups -OCH3 is 1. The minimum Gasteiger partial charge on any atom is -0.496 e. The van der Waals surface area contributed by atoms with Crippen molar-refractivity contribution in [2.45, 2.75) is 34.6 Å². The quantitative estimate of drug-likeness (QED) is 0.704. The van der Waals surface area contributed by atoms with E-state index >= 15 is 0 Å². The number of aryl methyl sites for hydroxylation is 1. The molecule has 0 fully saturated rings. The van der Waals surface area contributed by atoms with Crippen molar-refractivity contribution >= 4 is 15.9 Å². The van der Waals surface area contributed by atoms with Gasteiger partial charge in [-0.05, 0) is 40.5 Å². The lowest BCUT2D eigenvalue weighted by Crippen LogP contribution is -1.84. The normalized spacial score (nSPS) is 7.64. The summed E-state index contributed by atoms with van der Waals surface area (Å²) in [6, 6.07) is 6.00. The van der Waals surface area contributed by atoms with Gasteiger partial charge in [0.15, 0.2) is 0 Å². The lowest BCUT2D eigenvalue weighted by Gasteiger charge is -2.02. The Morgan fingerprint density at radius 3 is 1.93 bits per heavy atom. The fourth-order valence-corrected chi connectivity index (χ4v) is 1.18. The third kappa shape index (κ3) is 6.03. The van der Waals surface area contributed by atoms with Crippen molar-refractivity contribution in [1.29, 1.82) is 0 Å². The lowest BCUT2D eigenvalue weighted by molar-refractivity contribution is 0.412. The molecule has 0 saturated heterocycles. The van der Waals surface area contributed by atoms with E-state index in [0.29, 0.717) is 0 Å². The van der Waals surface area contributed by atoms with Crippen LogP contribution >= 0.6 is 15.9 Å². The van der Waals surface area contributed by atoms with Gasteiger partial charge in [-0.15, -0.1) is 0 Å². The highest BCUT2D eigenvalue weighted by atomic mass is 79.9. The van der Waals surface area contributed by atoms with Gasteiger partial charge in [0, 0.05) is 0 Å². The Hall–Kier alpha value is -0.500. The first-order valence-corrected chi connectivity index (χ1v) is 5.83. The zero-order chi connectivity index (χ0) is 11.6. The van der Waals surface area contributed by atoms with Gasteiger partial charge in [-0.1, -0.05) is 33.8 Å². The molecule has 1 aromatic rings. The standard InChI is InChI=1S/C8H9BrO.2C2H6/c1-6-3-4-7(9)8(5-6)10-2;2*1-2/h3-5H,1-2H3;2*1-2H3. The van der Waals surface area contributed by atoms with Crippen molar-refractivity contribution in [3.63, 3.8) is 0 Å². The van der Waals surface area contributed by atoms with Crippen molar-refractivity contribution in [2.24, 2.45) is 0 Å². The highest BCUT2D eigenvalue weighted by Gasteiger charge is 1.96. The molecule has 0 heterocycles. The van der Waals surface area contributed by atoms with Crippen LogP contribution in [0.3, 0.4) is 0 Å². The topological polar surface area (TPSA) is 9.23 Å². The summed E-state index contributed by atoms with van der Waals surface area (Å²) in [7, 11) is 1.67. The van der Waals surface area contributed by atoms with Gasteiger partial charge in [0.05, 0.1) is 11.6 Å². The molecule has 0 aliphatic heterocycles. The first kappa shape index (κ1) is 15.9. The SMILES string of the molecule is CC.CC.COc1cc(C)ccc1Br. The molecular formula is C12H21BrO.